The second-order valence-corrected chi connectivity index (χ2v) is 3.59. The van der Waals surface area contributed by atoms with Crippen molar-refractivity contribution in [2.45, 2.75) is 38.4 Å². The molecule has 6 nitrogen and oxygen atoms in total. The third-order valence-electron chi connectivity index (χ3n) is 1.88. The molecule has 0 aromatic carbocycles. The van der Waals surface area contributed by atoms with Crippen molar-refractivity contribution in [3.8, 4) is 0 Å². The van der Waals surface area contributed by atoms with Gasteiger partial charge in [-0.05, 0) is 6.42 Å². The van der Waals surface area contributed by atoms with E-state index in [2.05, 4.69) is 9.47 Å². The van der Waals surface area contributed by atoms with Gasteiger partial charge in [-0.2, -0.15) is 13.2 Å². The summed E-state index contributed by atoms with van der Waals surface area (Å²) in [5.74, 6) is -5.15. The van der Waals surface area contributed by atoms with E-state index in [0.717, 1.165) is 6.42 Å². The number of hydrogen-bond donors (Lipinski definition) is 1. The summed E-state index contributed by atoms with van der Waals surface area (Å²) in [6.07, 6.45) is -4.57. The normalized spacial score (nSPS) is 12.7. The van der Waals surface area contributed by atoms with Gasteiger partial charge in [0.05, 0.1) is 13.0 Å². The zero-order chi connectivity index (χ0) is 15.1. The molecule has 0 aromatic heterocycles. The molecule has 0 unspecified atom stereocenters. The molecule has 0 heterocycles. The Morgan fingerprint density at radius 2 is 1.84 bits per heavy atom. The fourth-order valence-electron chi connectivity index (χ4n) is 0.877. The maximum Gasteiger partial charge on any atom is 0.491 e. The molecule has 0 bridgehead atoms. The summed E-state index contributed by atoms with van der Waals surface area (Å²) in [5.41, 5.74) is 5.12. The Bertz CT molecular complexity index is 343. The van der Waals surface area contributed by atoms with Crippen LogP contribution in [0.4, 0.5) is 13.2 Å². The quantitative estimate of drug-likeness (QED) is 0.438. The van der Waals surface area contributed by atoms with Gasteiger partial charge in [0.1, 0.15) is 6.04 Å². The lowest BCUT2D eigenvalue weighted by molar-refractivity contribution is -0.202. The fourth-order valence-corrected chi connectivity index (χ4v) is 0.877. The first-order valence-corrected chi connectivity index (χ1v) is 5.42. The van der Waals surface area contributed by atoms with Crippen LogP contribution >= 0.6 is 0 Å². The number of esters is 3. The third-order valence-corrected chi connectivity index (χ3v) is 1.88. The predicted molar refractivity (Wildman–Crippen MR) is 55.6 cm³/mol. The number of unbranched alkanes of at least 4 members (excludes halogenated alkanes) is 1. The van der Waals surface area contributed by atoms with Gasteiger partial charge in [-0.25, -0.2) is 9.59 Å². The maximum atomic E-state index is 11.8. The van der Waals surface area contributed by atoms with E-state index in [0.29, 0.717) is 6.42 Å². The zero-order valence-electron chi connectivity index (χ0n) is 10.2. The molecule has 0 amide bonds. The maximum absolute atomic E-state index is 11.8. The Kier molecular flexibility index (Phi) is 7.05. The van der Waals surface area contributed by atoms with E-state index < -0.39 is 36.5 Å². The summed E-state index contributed by atoms with van der Waals surface area (Å²) in [4.78, 5) is 32.4. The smallest absolute Gasteiger partial charge is 0.466 e. The summed E-state index contributed by atoms with van der Waals surface area (Å²) in [7, 11) is 0. The first-order chi connectivity index (χ1) is 8.68. The Labute approximate surface area is 107 Å². The number of ether oxygens (including phenoxy) is 2. The monoisotopic (exact) mass is 285 g/mol. The highest BCUT2D eigenvalue weighted by molar-refractivity contribution is 5.92. The highest BCUT2D eigenvalue weighted by Gasteiger charge is 2.43. The molecule has 0 aromatic rings. The Balaban J connectivity index is 4.13. The average molecular weight is 285 g/mol. The summed E-state index contributed by atoms with van der Waals surface area (Å²) in [6.45, 7) is 1.98. The van der Waals surface area contributed by atoms with Crippen LogP contribution in [0.15, 0.2) is 0 Å². The molecular weight excluding hydrogens is 271 g/mol. The minimum absolute atomic E-state index is 0.124. The van der Waals surface area contributed by atoms with E-state index >= 15 is 0 Å². The average Bonchev–Trinajstić information content (AvgIpc) is 2.27. The van der Waals surface area contributed by atoms with Gasteiger partial charge >= 0.3 is 24.1 Å². The number of alkyl halides is 3. The Morgan fingerprint density at radius 3 is 2.32 bits per heavy atom. The fraction of sp³-hybridized carbons (Fsp3) is 0.700. The van der Waals surface area contributed by atoms with Gasteiger partial charge in [0.25, 0.3) is 0 Å². The van der Waals surface area contributed by atoms with Crippen LogP contribution in [-0.4, -0.2) is 36.7 Å². The molecule has 9 heteroatoms. The van der Waals surface area contributed by atoms with Crippen molar-refractivity contribution in [3.63, 3.8) is 0 Å². The van der Waals surface area contributed by atoms with Crippen molar-refractivity contribution in [1.29, 1.82) is 0 Å². The number of carbonyl (C=O) groups is 3. The number of rotatable bonds is 6. The predicted octanol–water partition coefficient (Wildman–Crippen LogP) is 0.679. The van der Waals surface area contributed by atoms with E-state index in [4.69, 9.17) is 5.73 Å². The number of hydrogen-bond acceptors (Lipinski definition) is 6. The lowest BCUT2D eigenvalue weighted by atomic mass is 10.2. The minimum Gasteiger partial charge on any atom is -0.466 e. The van der Waals surface area contributed by atoms with E-state index in [-0.39, 0.29) is 6.61 Å². The largest absolute Gasteiger partial charge is 0.491 e. The van der Waals surface area contributed by atoms with Crippen LogP contribution in [-0.2, 0) is 23.9 Å². The SMILES string of the molecule is CCCCOC(=O)C[C@H](N)C(=O)OC(=O)C(F)(F)F. The van der Waals surface area contributed by atoms with Gasteiger partial charge in [0.2, 0.25) is 0 Å². The van der Waals surface area contributed by atoms with Gasteiger partial charge in [0, 0.05) is 0 Å². The van der Waals surface area contributed by atoms with Crippen LogP contribution in [0.25, 0.3) is 0 Å². The molecule has 0 spiro atoms. The lowest BCUT2D eigenvalue weighted by Gasteiger charge is -2.11. The van der Waals surface area contributed by atoms with Crippen molar-refractivity contribution >= 4 is 17.9 Å². The molecule has 0 saturated carbocycles. The van der Waals surface area contributed by atoms with Crippen LogP contribution < -0.4 is 5.73 Å². The van der Waals surface area contributed by atoms with Crippen LogP contribution in [0.5, 0.6) is 0 Å². The molecule has 0 saturated heterocycles. The molecule has 1 atom stereocenters. The molecule has 2 N–H and O–H groups in total. The Morgan fingerprint density at radius 1 is 1.26 bits per heavy atom. The highest BCUT2D eigenvalue weighted by Crippen LogP contribution is 2.16. The topological polar surface area (TPSA) is 95.7 Å². The molecule has 0 rings (SSSR count). The minimum atomic E-state index is -5.29. The molecule has 0 aliphatic heterocycles. The first-order valence-electron chi connectivity index (χ1n) is 5.42. The zero-order valence-corrected chi connectivity index (χ0v) is 10.2. The second kappa shape index (κ2) is 7.72. The molecule has 0 aliphatic carbocycles. The first kappa shape index (κ1) is 17.4. The molecular formula is C10H14F3NO5. The summed E-state index contributed by atoms with van der Waals surface area (Å²) in [5, 5.41) is 0. The van der Waals surface area contributed by atoms with E-state index in [1.807, 2.05) is 6.92 Å². The number of nitrogens with two attached hydrogens (primary N) is 1. The van der Waals surface area contributed by atoms with Crippen molar-refractivity contribution in [2.24, 2.45) is 5.73 Å². The molecule has 0 fully saturated rings. The van der Waals surface area contributed by atoms with Crippen LogP contribution in [0.3, 0.4) is 0 Å². The van der Waals surface area contributed by atoms with Crippen molar-refractivity contribution < 1.29 is 37.0 Å². The molecule has 110 valence electrons. The van der Waals surface area contributed by atoms with Gasteiger partial charge in [0.15, 0.2) is 0 Å². The molecule has 0 radical (unpaired) electrons. The van der Waals surface area contributed by atoms with Gasteiger partial charge in [-0.3, -0.25) is 4.79 Å². The van der Waals surface area contributed by atoms with Crippen LogP contribution in [0, 0.1) is 0 Å². The Hall–Kier alpha value is -1.64. The lowest BCUT2D eigenvalue weighted by Crippen LogP contribution is -2.39. The summed E-state index contributed by atoms with van der Waals surface area (Å²) in [6, 6.07) is -1.68. The summed E-state index contributed by atoms with van der Waals surface area (Å²) < 4.78 is 43.5. The van der Waals surface area contributed by atoms with E-state index in [9.17, 15) is 27.6 Å². The molecule has 19 heavy (non-hydrogen) atoms. The van der Waals surface area contributed by atoms with Crippen LogP contribution in [0.1, 0.15) is 26.2 Å². The van der Waals surface area contributed by atoms with Crippen molar-refractivity contribution in [3.05, 3.63) is 0 Å². The number of carbonyl (C=O) groups excluding carboxylic acids is 3. The van der Waals surface area contributed by atoms with Crippen molar-refractivity contribution in [2.75, 3.05) is 6.61 Å². The van der Waals surface area contributed by atoms with E-state index in [1.165, 1.54) is 0 Å². The highest BCUT2D eigenvalue weighted by atomic mass is 19.4. The third kappa shape index (κ3) is 7.39. The molecule has 0 aliphatic rings. The van der Waals surface area contributed by atoms with Gasteiger partial charge in [-0.1, -0.05) is 13.3 Å². The van der Waals surface area contributed by atoms with Crippen LogP contribution in [0.2, 0.25) is 0 Å². The van der Waals surface area contributed by atoms with E-state index in [1.54, 1.807) is 0 Å². The second-order valence-electron chi connectivity index (χ2n) is 3.59. The van der Waals surface area contributed by atoms with Crippen molar-refractivity contribution in [1.82, 2.24) is 0 Å². The standard InChI is InChI=1S/C10H14F3NO5/c1-2-3-4-18-7(15)5-6(14)8(16)19-9(17)10(11,12)13/h6H,2-5,14H2,1H3/t6-/m0/s1. The number of halogens is 3. The summed E-state index contributed by atoms with van der Waals surface area (Å²) >= 11 is 0. The van der Waals surface area contributed by atoms with Gasteiger partial charge in [-0.15, -0.1) is 0 Å². The van der Waals surface area contributed by atoms with Gasteiger partial charge < -0.3 is 15.2 Å².